The third-order valence-corrected chi connectivity index (χ3v) is 4.02. The molecular weight excluding hydrogens is 300 g/mol. The van der Waals surface area contributed by atoms with Crippen molar-refractivity contribution in [1.82, 2.24) is 4.98 Å². The lowest BCUT2D eigenvalue weighted by atomic mass is 10.3. The first-order valence-corrected chi connectivity index (χ1v) is 6.81. The van der Waals surface area contributed by atoms with Crippen molar-refractivity contribution in [2.24, 2.45) is 0 Å². The quantitative estimate of drug-likeness (QED) is 0.525. The summed E-state index contributed by atoms with van der Waals surface area (Å²) in [7, 11) is 0. The van der Waals surface area contributed by atoms with Gasteiger partial charge in [0.1, 0.15) is 10.4 Å². The molecule has 0 bridgehead atoms. The lowest BCUT2D eigenvalue weighted by Crippen LogP contribution is -1.91. The van der Waals surface area contributed by atoms with E-state index in [1.165, 1.54) is 12.1 Å². The van der Waals surface area contributed by atoms with Gasteiger partial charge in [0.05, 0.1) is 9.95 Å². The van der Waals surface area contributed by atoms with Crippen LogP contribution in [0.15, 0.2) is 57.0 Å². The predicted molar refractivity (Wildman–Crippen MR) is 76.2 cm³/mol. The maximum Gasteiger partial charge on any atom is 0.284 e. The number of fused-ring (bicyclic) bond motifs is 1. The third-order valence-electron chi connectivity index (χ3n) is 2.61. The van der Waals surface area contributed by atoms with Gasteiger partial charge in [0, 0.05) is 6.07 Å². The van der Waals surface area contributed by atoms with Gasteiger partial charge >= 0.3 is 0 Å². The molecule has 0 aliphatic carbocycles. The van der Waals surface area contributed by atoms with Crippen molar-refractivity contribution in [2.75, 3.05) is 0 Å². The van der Waals surface area contributed by atoms with E-state index >= 15 is 0 Å². The Hall–Kier alpha value is -2.05. The van der Waals surface area contributed by atoms with Gasteiger partial charge < -0.3 is 4.42 Å². The van der Waals surface area contributed by atoms with Crippen LogP contribution in [0.25, 0.3) is 11.1 Å². The Balaban J connectivity index is 2.04. The predicted octanol–water partition coefficient (Wildman–Crippen LogP) is 4.54. The van der Waals surface area contributed by atoms with Gasteiger partial charge in [-0.3, -0.25) is 10.1 Å². The maximum absolute atomic E-state index is 11.0. The fourth-order valence-electron chi connectivity index (χ4n) is 1.72. The number of nitrogens with zero attached hydrogens (tertiary/aromatic N) is 2. The number of nitro groups is 1. The van der Waals surface area contributed by atoms with E-state index in [0.717, 1.165) is 11.8 Å². The Morgan fingerprint density at radius 3 is 2.75 bits per heavy atom. The van der Waals surface area contributed by atoms with E-state index in [1.807, 2.05) is 18.2 Å². The van der Waals surface area contributed by atoms with Gasteiger partial charge in [-0.25, -0.2) is 4.98 Å². The highest BCUT2D eigenvalue weighted by Gasteiger charge is 2.20. The SMILES string of the molecule is O=[N+]([O-])c1cccc(Cl)c1Sc1nc2ccccc2o1. The highest BCUT2D eigenvalue weighted by molar-refractivity contribution is 7.99. The van der Waals surface area contributed by atoms with Crippen LogP contribution in [-0.4, -0.2) is 9.91 Å². The molecule has 0 aliphatic rings. The van der Waals surface area contributed by atoms with E-state index in [9.17, 15) is 10.1 Å². The van der Waals surface area contributed by atoms with Gasteiger partial charge in [-0.2, -0.15) is 0 Å². The minimum Gasteiger partial charge on any atom is -0.431 e. The molecule has 1 heterocycles. The summed E-state index contributed by atoms with van der Waals surface area (Å²) in [6.45, 7) is 0. The first kappa shape index (κ1) is 13.0. The van der Waals surface area contributed by atoms with E-state index in [0.29, 0.717) is 26.2 Å². The van der Waals surface area contributed by atoms with Crippen LogP contribution in [0, 0.1) is 10.1 Å². The van der Waals surface area contributed by atoms with Crippen molar-refractivity contribution in [2.45, 2.75) is 10.1 Å². The van der Waals surface area contributed by atoms with Crippen LogP contribution >= 0.6 is 23.4 Å². The smallest absolute Gasteiger partial charge is 0.284 e. The van der Waals surface area contributed by atoms with Crippen molar-refractivity contribution < 1.29 is 9.34 Å². The summed E-state index contributed by atoms with van der Waals surface area (Å²) in [6.07, 6.45) is 0. The van der Waals surface area contributed by atoms with Crippen LogP contribution in [0.5, 0.6) is 0 Å². The molecule has 7 heteroatoms. The molecule has 0 saturated carbocycles. The molecule has 3 aromatic rings. The molecule has 3 rings (SSSR count). The second kappa shape index (κ2) is 5.15. The van der Waals surface area contributed by atoms with Crippen LogP contribution in [0.1, 0.15) is 0 Å². The second-order valence-electron chi connectivity index (χ2n) is 3.89. The molecule has 1 aromatic heterocycles. The van der Waals surface area contributed by atoms with Crippen LogP contribution in [0.3, 0.4) is 0 Å². The standard InChI is InChI=1S/C13H7ClN2O3S/c14-8-4-3-6-10(16(17)18)12(8)20-13-15-9-5-1-2-7-11(9)19-13/h1-7H. The first-order chi connectivity index (χ1) is 9.65. The van der Waals surface area contributed by atoms with Crippen LogP contribution in [-0.2, 0) is 0 Å². The number of hydrogen-bond acceptors (Lipinski definition) is 5. The maximum atomic E-state index is 11.0. The van der Waals surface area contributed by atoms with E-state index in [2.05, 4.69) is 4.98 Å². The van der Waals surface area contributed by atoms with Crippen molar-refractivity contribution >= 4 is 40.1 Å². The topological polar surface area (TPSA) is 69.2 Å². The summed E-state index contributed by atoms with van der Waals surface area (Å²) in [5, 5.41) is 11.6. The van der Waals surface area contributed by atoms with Gasteiger partial charge in [0.2, 0.25) is 0 Å². The molecule has 5 nitrogen and oxygen atoms in total. The Morgan fingerprint density at radius 1 is 1.20 bits per heavy atom. The van der Waals surface area contributed by atoms with Gasteiger partial charge in [0.15, 0.2) is 5.58 Å². The largest absolute Gasteiger partial charge is 0.431 e. The van der Waals surface area contributed by atoms with Gasteiger partial charge in [-0.1, -0.05) is 29.8 Å². The molecule has 0 fully saturated rings. The first-order valence-electron chi connectivity index (χ1n) is 5.61. The van der Waals surface area contributed by atoms with Crippen molar-refractivity contribution in [3.63, 3.8) is 0 Å². The number of para-hydroxylation sites is 2. The Kier molecular flexibility index (Phi) is 3.33. The molecule has 100 valence electrons. The highest BCUT2D eigenvalue weighted by atomic mass is 35.5. The normalized spacial score (nSPS) is 10.8. The molecule has 0 radical (unpaired) electrons. The molecule has 0 saturated heterocycles. The summed E-state index contributed by atoms with van der Waals surface area (Å²) < 4.78 is 5.53. The zero-order valence-corrected chi connectivity index (χ0v) is 11.5. The minimum atomic E-state index is -0.475. The molecule has 0 atom stereocenters. The van der Waals surface area contributed by atoms with E-state index in [1.54, 1.807) is 12.1 Å². The Labute approximate surface area is 122 Å². The van der Waals surface area contributed by atoms with Crippen molar-refractivity contribution in [3.8, 4) is 0 Å². The highest BCUT2D eigenvalue weighted by Crippen LogP contribution is 2.40. The monoisotopic (exact) mass is 306 g/mol. The van der Waals surface area contributed by atoms with E-state index in [-0.39, 0.29) is 5.69 Å². The fraction of sp³-hybridized carbons (Fsp3) is 0. The number of aromatic nitrogens is 1. The van der Waals surface area contributed by atoms with Gasteiger partial charge in [-0.05, 0) is 30.0 Å². The van der Waals surface area contributed by atoms with Crippen molar-refractivity contribution in [3.05, 3.63) is 57.6 Å². The molecule has 0 aliphatic heterocycles. The lowest BCUT2D eigenvalue weighted by Gasteiger charge is -2.01. The molecule has 20 heavy (non-hydrogen) atoms. The Morgan fingerprint density at radius 2 is 2.00 bits per heavy atom. The van der Waals surface area contributed by atoms with Gasteiger partial charge in [-0.15, -0.1) is 0 Å². The van der Waals surface area contributed by atoms with Crippen LogP contribution in [0.2, 0.25) is 5.02 Å². The summed E-state index contributed by atoms with van der Waals surface area (Å²) in [5.41, 5.74) is 1.26. The summed E-state index contributed by atoms with van der Waals surface area (Å²) >= 11 is 7.07. The molecule has 0 N–H and O–H groups in total. The zero-order chi connectivity index (χ0) is 14.1. The Bertz CT molecular complexity index is 770. The summed E-state index contributed by atoms with van der Waals surface area (Å²) in [6, 6.07) is 11.8. The number of rotatable bonds is 3. The van der Waals surface area contributed by atoms with E-state index < -0.39 is 4.92 Å². The van der Waals surface area contributed by atoms with Gasteiger partial charge in [0.25, 0.3) is 10.9 Å². The van der Waals surface area contributed by atoms with Crippen molar-refractivity contribution in [1.29, 1.82) is 0 Å². The van der Waals surface area contributed by atoms with Crippen LogP contribution in [0.4, 0.5) is 5.69 Å². The molecular formula is C13H7ClN2O3S. The lowest BCUT2D eigenvalue weighted by molar-refractivity contribution is -0.387. The number of nitro benzene ring substituents is 1. The molecule has 2 aromatic carbocycles. The number of hydrogen-bond donors (Lipinski definition) is 0. The fourth-order valence-corrected chi connectivity index (χ4v) is 2.87. The molecule has 0 amide bonds. The summed E-state index contributed by atoms with van der Waals surface area (Å²) in [5.74, 6) is 0. The van der Waals surface area contributed by atoms with E-state index in [4.69, 9.17) is 16.0 Å². The molecule has 0 spiro atoms. The zero-order valence-electron chi connectivity index (χ0n) is 9.95. The number of oxazole rings is 1. The average molecular weight is 307 g/mol. The molecule has 0 unspecified atom stereocenters. The third kappa shape index (κ3) is 2.35. The second-order valence-corrected chi connectivity index (χ2v) is 5.26. The number of benzene rings is 2. The number of halogens is 1. The minimum absolute atomic E-state index is 0.0650. The summed E-state index contributed by atoms with van der Waals surface area (Å²) in [4.78, 5) is 15.1. The average Bonchev–Trinajstić information content (AvgIpc) is 2.83. The van der Waals surface area contributed by atoms with Crippen LogP contribution < -0.4 is 0 Å².